The fraction of sp³-hybridized carbons (Fsp3) is 0.833. The smallest absolute Gasteiger partial charge is 0.303 e. The maximum atomic E-state index is 10.9. The average Bonchev–Trinajstić information content (AvgIpc) is 2.17. The number of unbranched alkanes of at least 4 members (excludes halogenated alkanes) is 6. The van der Waals surface area contributed by atoms with E-state index in [0.29, 0.717) is 12.7 Å². The topological polar surface area (TPSA) is 34.1 Å². The first kappa shape index (κ1) is 17.5. The average molecular weight is 225 g/mol. The summed E-state index contributed by atoms with van der Waals surface area (Å²) < 4.78 is 0. The summed E-state index contributed by atoms with van der Waals surface area (Å²) in [5.74, 6) is 0.0913. The molecule has 0 heterocycles. The number of hydrogen-bond acceptors (Lipinski definition) is 2. The molecule has 0 unspecified atom stereocenters. The van der Waals surface area contributed by atoms with Gasteiger partial charge in [-0.25, -0.2) is 0 Å². The van der Waals surface area contributed by atoms with Crippen LogP contribution in [0, 0.1) is 0 Å². The van der Waals surface area contributed by atoms with Gasteiger partial charge in [-0.2, -0.15) is 0 Å². The van der Waals surface area contributed by atoms with E-state index in [1.54, 1.807) is 0 Å². The molecule has 0 aliphatic rings. The Morgan fingerprint density at radius 3 is 2.07 bits per heavy atom. The van der Waals surface area contributed by atoms with Gasteiger partial charge in [-0.15, -0.1) is 0 Å². The van der Waals surface area contributed by atoms with Crippen LogP contribution in [0.3, 0.4) is 0 Å². The molecule has 0 fully saturated rings. The van der Waals surface area contributed by atoms with Crippen LogP contribution >= 0.6 is 0 Å². The second-order valence-corrected chi connectivity index (χ2v) is 3.78. The third-order valence-electron chi connectivity index (χ3n) is 2.37. The van der Waals surface area contributed by atoms with E-state index < -0.39 is 0 Å². The monoisotopic (exact) mass is 224 g/mol. The van der Waals surface area contributed by atoms with Crippen LogP contribution < -0.4 is 0 Å². The zero-order valence-electron chi connectivity index (χ0n) is 9.26. The standard InChI is InChI=1S/C12H22O2.Mg.2H/c1-2-3-4-5-6-7-8-9-12(14)10-11-13;;;/h11H,2-10H2,1H3;;;. The summed E-state index contributed by atoms with van der Waals surface area (Å²) in [6.45, 7) is 2.21. The number of rotatable bonds is 10. The van der Waals surface area contributed by atoms with Crippen LogP contribution in [-0.2, 0) is 9.59 Å². The summed E-state index contributed by atoms with van der Waals surface area (Å²) in [4.78, 5) is 20.9. The highest BCUT2D eigenvalue weighted by atomic mass is 24.3. The molecule has 86 valence electrons. The highest BCUT2D eigenvalue weighted by molar-refractivity contribution is 5.89. The summed E-state index contributed by atoms with van der Waals surface area (Å²) in [6, 6.07) is 0. The van der Waals surface area contributed by atoms with Crippen LogP contribution in [0.5, 0.6) is 0 Å². The lowest BCUT2D eigenvalue weighted by Gasteiger charge is -1.99. The Hall–Kier alpha value is 0.106. The molecular weight excluding hydrogens is 200 g/mol. The van der Waals surface area contributed by atoms with Crippen molar-refractivity contribution in [2.75, 3.05) is 0 Å². The van der Waals surface area contributed by atoms with E-state index in [-0.39, 0.29) is 35.3 Å². The van der Waals surface area contributed by atoms with Crippen molar-refractivity contribution in [2.45, 2.75) is 64.7 Å². The van der Waals surface area contributed by atoms with E-state index in [1.807, 2.05) is 0 Å². The highest BCUT2D eigenvalue weighted by Gasteiger charge is 1.99. The Morgan fingerprint density at radius 2 is 1.53 bits per heavy atom. The molecule has 0 spiro atoms. The van der Waals surface area contributed by atoms with E-state index in [0.717, 1.165) is 12.8 Å². The summed E-state index contributed by atoms with van der Waals surface area (Å²) in [5.41, 5.74) is 0. The third kappa shape index (κ3) is 14.1. The molecule has 0 N–H and O–H groups in total. The minimum atomic E-state index is 0. The second-order valence-electron chi connectivity index (χ2n) is 3.78. The Morgan fingerprint density at radius 1 is 1.00 bits per heavy atom. The summed E-state index contributed by atoms with van der Waals surface area (Å²) in [5, 5.41) is 0. The van der Waals surface area contributed by atoms with Gasteiger partial charge in [-0.05, 0) is 6.42 Å². The van der Waals surface area contributed by atoms with Gasteiger partial charge in [0.25, 0.3) is 0 Å². The summed E-state index contributed by atoms with van der Waals surface area (Å²) >= 11 is 0. The van der Waals surface area contributed by atoms with Crippen molar-refractivity contribution < 1.29 is 9.59 Å². The van der Waals surface area contributed by atoms with Crippen molar-refractivity contribution in [2.24, 2.45) is 0 Å². The van der Waals surface area contributed by atoms with Crippen molar-refractivity contribution >= 4 is 35.1 Å². The predicted molar refractivity (Wildman–Crippen MR) is 66.8 cm³/mol. The molecule has 2 nitrogen and oxygen atoms in total. The van der Waals surface area contributed by atoms with Crippen LogP contribution in [0.1, 0.15) is 64.7 Å². The number of ketones is 1. The first-order valence-corrected chi connectivity index (χ1v) is 5.76. The molecule has 0 aliphatic carbocycles. The van der Waals surface area contributed by atoms with Gasteiger partial charge in [0.2, 0.25) is 0 Å². The molecule has 0 bridgehead atoms. The van der Waals surface area contributed by atoms with Crippen LogP contribution in [-0.4, -0.2) is 35.1 Å². The zero-order chi connectivity index (χ0) is 10.6. The second kappa shape index (κ2) is 14.1. The quantitative estimate of drug-likeness (QED) is 0.247. The number of hydrogen-bond donors (Lipinski definition) is 0. The Labute approximate surface area is 109 Å². The molecule has 0 saturated heterocycles. The van der Waals surface area contributed by atoms with Crippen LogP contribution in [0.15, 0.2) is 0 Å². The molecule has 0 radical (unpaired) electrons. The molecular formula is C12H24MgO2. The molecule has 0 aromatic heterocycles. The molecule has 0 saturated carbocycles. The van der Waals surface area contributed by atoms with E-state index in [4.69, 9.17) is 0 Å². The predicted octanol–water partition coefficient (Wildman–Crippen LogP) is 2.37. The maximum Gasteiger partial charge on any atom is 0.316 e. The van der Waals surface area contributed by atoms with Crippen LogP contribution in [0.2, 0.25) is 0 Å². The van der Waals surface area contributed by atoms with Gasteiger partial charge in [-0.1, -0.05) is 45.4 Å². The first-order chi connectivity index (χ1) is 6.81. The number of carbonyl (C=O) groups excluding carboxylic acids is 2. The van der Waals surface area contributed by atoms with Gasteiger partial charge >= 0.3 is 23.1 Å². The van der Waals surface area contributed by atoms with E-state index in [1.165, 1.54) is 32.1 Å². The van der Waals surface area contributed by atoms with Gasteiger partial charge < -0.3 is 4.79 Å². The zero-order valence-corrected chi connectivity index (χ0v) is 9.26. The van der Waals surface area contributed by atoms with Crippen molar-refractivity contribution in [1.29, 1.82) is 0 Å². The SMILES string of the molecule is CCCCCCCCCC(=O)CC=O.[MgH2]. The number of carbonyl (C=O) groups is 2. The van der Waals surface area contributed by atoms with E-state index in [9.17, 15) is 9.59 Å². The first-order valence-electron chi connectivity index (χ1n) is 5.76. The fourth-order valence-electron chi connectivity index (χ4n) is 1.47. The molecule has 0 aliphatic heterocycles. The van der Waals surface area contributed by atoms with Gasteiger partial charge in [0, 0.05) is 6.42 Å². The Bertz CT molecular complexity index is 158. The van der Waals surface area contributed by atoms with Gasteiger partial charge in [0.05, 0.1) is 6.42 Å². The van der Waals surface area contributed by atoms with Gasteiger partial charge in [-0.3, -0.25) is 4.79 Å². The summed E-state index contributed by atoms with van der Waals surface area (Å²) in [6.07, 6.45) is 9.92. The van der Waals surface area contributed by atoms with Crippen LogP contribution in [0.4, 0.5) is 0 Å². The third-order valence-corrected chi connectivity index (χ3v) is 2.37. The lowest BCUT2D eigenvalue weighted by Crippen LogP contribution is -1.97. The number of Topliss-reactive ketones (excluding diaryl/α,β-unsaturated/α-hetero) is 1. The maximum absolute atomic E-state index is 10.9. The molecule has 0 atom stereocenters. The molecule has 3 heteroatoms. The lowest BCUT2D eigenvalue weighted by atomic mass is 10.1. The van der Waals surface area contributed by atoms with Crippen LogP contribution in [0.25, 0.3) is 0 Å². The van der Waals surface area contributed by atoms with Crippen molar-refractivity contribution in [1.82, 2.24) is 0 Å². The molecule has 0 aromatic rings. The minimum Gasteiger partial charge on any atom is -0.303 e. The highest BCUT2D eigenvalue weighted by Crippen LogP contribution is 2.08. The van der Waals surface area contributed by atoms with E-state index >= 15 is 0 Å². The summed E-state index contributed by atoms with van der Waals surface area (Å²) in [7, 11) is 0. The molecule has 0 rings (SSSR count). The minimum absolute atomic E-state index is 0. The van der Waals surface area contributed by atoms with Crippen molar-refractivity contribution in [3.05, 3.63) is 0 Å². The van der Waals surface area contributed by atoms with Gasteiger partial charge in [0.1, 0.15) is 12.1 Å². The Balaban J connectivity index is 0. The largest absolute Gasteiger partial charge is 0.316 e. The Kier molecular flexibility index (Phi) is 16.5. The lowest BCUT2D eigenvalue weighted by molar-refractivity contribution is -0.122. The van der Waals surface area contributed by atoms with E-state index in [2.05, 4.69) is 6.92 Å². The van der Waals surface area contributed by atoms with Crippen molar-refractivity contribution in [3.63, 3.8) is 0 Å². The molecule has 0 amide bonds. The van der Waals surface area contributed by atoms with Crippen molar-refractivity contribution in [3.8, 4) is 0 Å². The molecule has 15 heavy (non-hydrogen) atoms. The van der Waals surface area contributed by atoms with Gasteiger partial charge in [0.15, 0.2) is 0 Å². The normalized spacial score (nSPS) is 9.40. The molecule has 0 aromatic carbocycles. The fourth-order valence-corrected chi connectivity index (χ4v) is 1.47. The number of aldehydes is 1.